The minimum Gasteiger partial charge on any atom is -0.497 e. The highest BCUT2D eigenvalue weighted by atomic mass is 35.5. The van der Waals surface area contributed by atoms with E-state index in [9.17, 15) is 4.79 Å². The summed E-state index contributed by atoms with van der Waals surface area (Å²) < 4.78 is 7.23. The van der Waals surface area contributed by atoms with Gasteiger partial charge in [-0.15, -0.1) is 10.2 Å². The second-order valence-corrected chi connectivity index (χ2v) is 8.79. The summed E-state index contributed by atoms with van der Waals surface area (Å²) >= 11 is 7.37. The van der Waals surface area contributed by atoms with Crippen LogP contribution in [-0.2, 0) is 11.3 Å². The number of halogens is 1. The van der Waals surface area contributed by atoms with E-state index in [1.807, 2.05) is 60.0 Å². The number of carbonyl (C=O) groups excluding carboxylic acids is 1. The number of benzene rings is 2. The van der Waals surface area contributed by atoms with Crippen molar-refractivity contribution >= 4 is 29.3 Å². The number of amides is 1. The van der Waals surface area contributed by atoms with Crippen molar-refractivity contribution in [2.45, 2.75) is 38.5 Å². The van der Waals surface area contributed by atoms with Crippen LogP contribution in [0.25, 0.3) is 11.4 Å². The quantitative estimate of drug-likeness (QED) is 0.444. The van der Waals surface area contributed by atoms with Crippen LogP contribution >= 0.6 is 23.4 Å². The number of ether oxygens (including phenoxy) is 1. The molecule has 0 aliphatic heterocycles. The number of nitrogens with one attached hydrogen (secondary N) is 1. The number of rotatable bonds is 9. The first-order chi connectivity index (χ1) is 14.9. The molecule has 0 spiro atoms. The zero-order valence-corrected chi connectivity index (χ0v) is 19.7. The molecule has 164 valence electrons. The van der Waals surface area contributed by atoms with Crippen LogP contribution in [-0.4, -0.2) is 33.5 Å². The minimum absolute atomic E-state index is 0.0433. The summed E-state index contributed by atoms with van der Waals surface area (Å²) in [5.41, 5.74) is 1.99. The fourth-order valence-electron chi connectivity index (χ4n) is 3.28. The molecular formula is C23H27ClN4O2S. The highest BCUT2D eigenvalue weighted by Crippen LogP contribution is 2.27. The lowest BCUT2D eigenvalue weighted by atomic mass is 9.96. The van der Waals surface area contributed by atoms with Crippen molar-refractivity contribution in [3.63, 3.8) is 0 Å². The summed E-state index contributed by atoms with van der Waals surface area (Å²) in [5, 5.41) is 13.2. The van der Waals surface area contributed by atoms with Crippen LogP contribution in [0, 0.1) is 5.92 Å². The van der Waals surface area contributed by atoms with Gasteiger partial charge in [-0.25, -0.2) is 0 Å². The van der Waals surface area contributed by atoms with E-state index >= 15 is 0 Å². The van der Waals surface area contributed by atoms with Crippen LogP contribution in [0.3, 0.4) is 0 Å². The van der Waals surface area contributed by atoms with Crippen LogP contribution in [0.4, 0.5) is 0 Å². The molecule has 1 amide bonds. The summed E-state index contributed by atoms with van der Waals surface area (Å²) in [6.07, 6.45) is 0. The molecule has 1 heterocycles. The zero-order chi connectivity index (χ0) is 22.4. The predicted octanol–water partition coefficient (Wildman–Crippen LogP) is 5.23. The standard InChI is InChI=1S/C23H27ClN4O2S/c1-5-28-22(17-6-10-18(24)11-7-17)26-27-23(28)31-14-20(29)25-21(15(2)3)16-8-12-19(30-4)13-9-16/h6-13,15,21H,5,14H2,1-4H3,(H,25,29). The normalized spacial score (nSPS) is 12.1. The van der Waals surface area contributed by atoms with Crippen LogP contribution in [0.5, 0.6) is 5.75 Å². The highest BCUT2D eigenvalue weighted by Gasteiger charge is 2.20. The third-order valence-corrected chi connectivity index (χ3v) is 6.14. The third kappa shape index (κ3) is 5.80. The van der Waals surface area contributed by atoms with Gasteiger partial charge in [0, 0.05) is 17.1 Å². The van der Waals surface area contributed by atoms with Crippen molar-refractivity contribution in [3.05, 3.63) is 59.1 Å². The van der Waals surface area contributed by atoms with Gasteiger partial charge in [0.25, 0.3) is 0 Å². The molecule has 3 rings (SSSR count). The van der Waals surface area contributed by atoms with Crippen molar-refractivity contribution in [1.29, 1.82) is 0 Å². The van der Waals surface area contributed by atoms with E-state index in [0.717, 1.165) is 22.7 Å². The van der Waals surface area contributed by atoms with Crippen molar-refractivity contribution in [3.8, 4) is 17.1 Å². The highest BCUT2D eigenvalue weighted by molar-refractivity contribution is 7.99. The number of thioether (sulfide) groups is 1. The molecule has 0 aliphatic carbocycles. The first-order valence-electron chi connectivity index (χ1n) is 10.2. The Hall–Kier alpha value is -2.51. The van der Waals surface area contributed by atoms with Gasteiger partial charge in [-0.3, -0.25) is 4.79 Å². The van der Waals surface area contributed by atoms with Gasteiger partial charge in [-0.05, 0) is 54.8 Å². The molecule has 1 unspecified atom stereocenters. The topological polar surface area (TPSA) is 69.0 Å². The van der Waals surface area contributed by atoms with E-state index in [0.29, 0.717) is 16.7 Å². The average Bonchev–Trinajstić information content (AvgIpc) is 3.19. The SMILES string of the molecule is CCn1c(SCC(=O)NC(c2ccc(OC)cc2)C(C)C)nnc1-c1ccc(Cl)cc1. The largest absolute Gasteiger partial charge is 0.497 e. The fraction of sp³-hybridized carbons (Fsp3) is 0.348. The van der Waals surface area contributed by atoms with Crippen molar-refractivity contribution in [2.75, 3.05) is 12.9 Å². The van der Waals surface area contributed by atoms with Gasteiger partial charge in [0.1, 0.15) is 5.75 Å². The van der Waals surface area contributed by atoms with Crippen molar-refractivity contribution in [1.82, 2.24) is 20.1 Å². The van der Waals surface area contributed by atoms with Gasteiger partial charge in [0.2, 0.25) is 5.91 Å². The molecule has 1 N–H and O–H groups in total. The first kappa shape index (κ1) is 23.2. The lowest BCUT2D eigenvalue weighted by Gasteiger charge is -2.23. The number of methoxy groups -OCH3 is 1. The molecule has 31 heavy (non-hydrogen) atoms. The van der Waals surface area contributed by atoms with E-state index in [1.54, 1.807) is 7.11 Å². The molecule has 0 bridgehead atoms. The summed E-state index contributed by atoms with van der Waals surface area (Å²) in [6, 6.07) is 15.2. The van der Waals surface area contributed by atoms with Gasteiger partial charge in [-0.1, -0.05) is 49.3 Å². The van der Waals surface area contributed by atoms with Crippen molar-refractivity contribution in [2.24, 2.45) is 5.92 Å². The van der Waals surface area contributed by atoms with E-state index < -0.39 is 0 Å². The molecule has 1 atom stereocenters. The first-order valence-corrected chi connectivity index (χ1v) is 11.5. The molecule has 0 saturated heterocycles. The number of hydrogen-bond acceptors (Lipinski definition) is 5. The second-order valence-electron chi connectivity index (χ2n) is 7.41. The molecule has 6 nitrogen and oxygen atoms in total. The van der Waals surface area contributed by atoms with Crippen LogP contribution in [0.15, 0.2) is 53.7 Å². The Bertz CT molecular complexity index is 1000. The average molecular weight is 459 g/mol. The maximum atomic E-state index is 12.7. The molecule has 3 aromatic rings. The molecule has 0 radical (unpaired) electrons. The molecule has 8 heteroatoms. The Morgan fingerprint density at radius 1 is 1.13 bits per heavy atom. The van der Waals surface area contributed by atoms with Gasteiger partial charge in [-0.2, -0.15) is 0 Å². The molecular weight excluding hydrogens is 432 g/mol. The van der Waals surface area contributed by atoms with Gasteiger partial charge >= 0.3 is 0 Å². The summed E-state index contributed by atoms with van der Waals surface area (Å²) in [6.45, 7) is 6.92. The second kappa shape index (κ2) is 10.7. The fourth-order valence-corrected chi connectivity index (χ4v) is 4.22. The Morgan fingerprint density at radius 2 is 1.81 bits per heavy atom. The number of carbonyl (C=O) groups is 1. The Kier molecular flexibility index (Phi) is 7.98. The van der Waals surface area contributed by atoms with E-state index in [4.69, 9.17) is 16.3 Å². The smallest absolute Gasteiger partial charge is 0.230 e. The summed E-state index contributed by atoms with van der Waals surface area (Å²) in [4.78, 5) is 12.7. The molecule has 0 saturated carbocycles. The summed E-state index contributed by atoms with van der Waals surface area (Å²) in [5.74, 6) is 2.03. The molecule has 2 aromatic carbocycles. The maximum absolute atomic E-state index is 12.7. The lowest BCUT2D eigenvalue weighted by molar-refractivity contribution is -0.119. The molecule has 0 aliphatic rings. The van der Waals surface area contributed by atoms with Crippen molar-refractivity contribution < 1.29 is 9.53 Å². The van der Waals surface area contributed by atoms with Crippen LogP contribution in [0.1, 0.15) is 32.4 Å². The van der Waals surface area contributed by atoms with E-state index in [1.165, 1.54) is 11.8 Å². The van der Waals surface area contributed by atoms with Crippen LogP contribution < -0.4 is 10.1 Å². The van der Waals surface area contributed by atoms with E-state index in [2.05, 4.69) is 29.4 Å². The number of aromatic nitrogens is 3. The van der Waals surface area contributed by atoms with E-state index in [-0.39, 0.29) is 23.6 Å². The maximum Gasteiger partial charge on any atom is 0.230 e. The van der Waals surface area contributed by atoms with Gasteiger partial charge < -0.3 is 14.6 Å². The predicted molar refractivity (Wildman–Crippen MR) is 126 cm³/mol. The monoisotopic (exact) mass is 458 g/mol. The third-order valence-electron chi connectivity index (χ3n) is 4.93. The minimum atomic E-state index is -0.0762. The zero-order valence-electron chi connectivity index (χ0n) is 18.1. The molecule has 0 fully saturated rings. The van der Waals surface area contributed by atoms with Crippen LogP contribution in [0.2, 0.25) is 5.02 Å². The summed E-state index contributed by atoms with van der Waals surface area (Å²) in [7, 11) is 1.64. The Morgan fingerprint density at radius 3 is 2.39 bits per heavy atom. The lowest BCUT2D eigenvalue weighted by Crippen LogP contribution is -2.33. The van der Waals surface area contributed by atoms with Gasteiger partial charge in [0.15, 0.2) is 11.0 Å². The Labute approximate surface area is 192 Å². The molecule has 1 aromatic heterocycles. The Balaban J connectivity index is 1.67. The number of nitrogens with zero attached hydrogens (tertiary/aromatic N) is 3. The van der Waals surface area contributed by atoms with Gasteiger partial charge in [0.05, 0.1) is 18.9 Å². The number of hydrogen-bond donors (Lipinski definition) is 1.